The Bertz CT molecular complexity index is 809. The van der Waals surface area contributed by atoms with Crippen molar-refractivity contribution in [1.29, 1.82) is 0 Å². The molecule has 0 amide bonds. The minimum atomic E-state index is -1.87. The highest BCUT2D eigenvalue weighted by atomic mass is 32.2. The molecule has 23 heavy (non-hydrogen) atoms. The largest absolute Gasteiger partial charge is 0.457 e. The number of carbonyl (C=O) groups is 1. The van der Waals surface area contributed by atoms with Crippen molar-refractivity contribution in [3.63, 3.8) is 0 Å². The molecule has 4 nitrogen and oxygen atoms in total. The van der Waals surface area contributed by atoms with Gasteiger partial charge in [0.25, 0.3) is 0 Å². The monoisotopic (exact) mass is 328 g/mol. The summed E-state index contributed by atoms with van der Waals surface area (Å²) in [5, 5.41) is 0. The topological polar surface area (TPSA) is 63.6 Å². The first-order chi connectivity index (χ1) is 11.1. The van der Waals surface area contributed by atoms with Crippen LogP contribution in [0.4, 0.5) is 0 Å². The fraction of sp³-hybridized carbons (Fsp3) is 0.167. The van der Waals surface area contributed by atoms with E-state index in [9.17, 15) is 9.00 Å². The molecule has 0 fully saturated rings. The molecule has 5 heteroatoms. The molecule has 0 saturated carbocycles. The van der Waals surface area contributed by atoms with Crippen molar-refractivity contribution in [3.05, 3.63) is 70.8 Å². The highest BCUT2D eigenvalue weighted by Crippen LogP contribution is 2.33. The molecule has 0 saturated heterocycles. The van der Waals surface area contributed by atoms with Crippen LogP contribution in [0.3, 0.4) is 0 Å². The van der Waals surface area contributed by atoms with E-state index >= 15 is 0 Å². The molecule has 0 bridgehead atoms. The second-order valence-electron chi connectivity index (χ2n) is 5.40. The van der Waals surface area contributed by atoms with E-state index in [-0.39, 0.29) is 18.3 Å². The number of hydrogen-bond donors (Lipinski definition) is 1. The second kappa shape index (κ2) is 6.48. The quantitative estimate of drug-likeness (QED) is 0.691. The molecule has 0 spiro atoms. The Morgan fingerprint density at radius 1 is 1.13 bits per heavy atom. The Morgan fingerprint density at radius 2 is 1.87 bits per heavy atom. The summed E-state index contributed by atoms with van der Waals surface area (Å²) in [5.41, 5.74) is 4.91. The molecule has 1 heterocycles. The van der Waals surface area contributed by atoms with Crippen LogP contribution in [-0.4, -0.2) is 21.3 Å². The Morgan fingerprint density at radius 3 is 2.52 bits per heavy atom. The van der Waals surface area contributed by atoms with E-state index < -0.39 is 11.1 Å². The third-order valence-electron chi connectivity index (χ3n) is 3.89. The Labute approximate surface area is 137 Å². The van der Waals surface area contributed by atoms with Gasteiger partial charge >= 0.3 is 5.97 Å². The van der Waals surface area contributed by atoms with E-state index in [1.54, 1.807) is 0 Å². The molecule has 1 unspecified atom stereocenters. The zero-order chi connectivity index (χ0) is 16.4. The number of esters is 1. The van der Waals surface area contributed by atoms with Crippen LogP contribution in [0.1, 0.15) is 22.3 Å². The second-order valence-corrected chi connectivity index (χ2v) is 6.33. The maximum atomic E-state index is 12.1. The predicted molar refractivity (Wildman–Crippen MR) is 89.9 cm³/mol. The molecule has 118 valence electrons. The fourth-order valence-electron chi connectivity index (χ4n) is 2.71. The van der Waals surface area contributed by atoms with Crippen LogP contribution in [-0.2, 0) is 26.4 Å². The maximum absolute atomic E-state index is 12.1. The average molecular weight is 328 g/mol. The van der Waals surface area contributed by atoms with Crippen molar-refractivity contribution >= 4 is 28.2 Å². The standard InChI is InChI=1S/C18H16O4S/c1-12-9-14(7-8-15(12)11-23(20)21)16-10-22-18(19)17(16)13-5-3-2-4-6-13/h2-9H,10-11H2,1H3,(H,20,21). The van der Waals surface area contributed by atoms with Crippen molar-refractivity contribution in [3.8, 4) is 0 Å². The maximum Gasteiger partial charge on any atom is 0.339 e. The predicted octanol–water partition coefficient (Wildman–Crippen LogP) is 3.18. The summed E-state index contributed by atoms with van der Waals surface area (Å²) in [5.74, 6) is -0.212. The van der Waals surface area contributed by atoms with Gasteiger partial charge in [-0.05, 0) is 29.2 Å². The van der Waals surface area contributed by atoms with Gasteiger partial charge in [0, 0.05) is 5.57 Å². The normalized spacial score (nSPS) is 15.7. The van der Waals surface area contributed by atoms with Crippen molar-refractivity contribution in [2.24, 2.45) is 0 Å². The van der Waals surface area contributed by atoms with E-state index in [1.807, 2.05) is 55.5 Å². The van der Waals surface area contributed by atoms with Gasteiger partial charge in [-0.3, -0.25) is 0 Å². The minimum Gasteiger partial charge on any atom is -0.457 e. The first kappa shape index (κ1) is 15.6. The van der Waals surface area contributed by atoms with Gasteiger partial charge in [-0.15, -0.1) is 0 Å². The number of hydrogen-bond acceptors (Lipinski definition) is 3. The van der Waals surface area contributed by atoms with Crippen LogP contribution in [0.25, 0.3) is 11.1 Å². The van der Waals surface area contributed by atoms with Crippen molar-refractivity contribution in [1.82, 2.24) is 0 Å². The van der Waals surface area contributed by atoms with Crippen LogP contribution >= 0.6 is 0 Å². The number of ether oxygens (including phenoxy) is 1. The highest BCUT2D eigenvalue weighted by molar-refractivity contribution is 7.78. The van der Waals surface area contributed by atoms with Crippen LogP contribution in [0, 0.1) is 6.92 Å². The zero-order valence-corrected chi connectivity index (χ0v) is 13.4. The number of cyclic esters (lactones) is 1. The fourth-order valence-corrected chi connectivity index (χ4v) is 3.30. The summed E-state index contributed by atoms with van der Waals surface area (Å²) in [7, 11) is 0. The van der Waals surface area contributed by atoms with E-state index in [2.05, 4.69) is 0 Å². The number of rotatable bonds is 4. The summed E-state index contributed by atoms with van der Waals surface area (Å²) in [6.07, 6.45) is 0. The summed E-state index contributed by atoms with van der Waals surface area (Å²) < 4.78 is 25.2. The lowest BCUT2D eigenvalue weighted by molar-refractivity contribution is -0.133. The number of carbonyl (C=O) groups excluding carboxylic acids is 1. The van der Waals surface area contributed by atoms with Gasteiger partial charge in [0.1, 0.15) is 6.61 Å². The summed E-state index contributed by atoms with van der Waals surface area (Å²) in [4.78, 5) is 12.1. The molecule has 1 atom stereocenters. The van der Waals surface area contributed by atoms with E-state index in [1.165, 1.54) is 0 Å². The molecule has 1 N–H and O–H groups in total. The molecule has 3 rings (SSSR count). The molecule has 1 aliphatic rings. The van der Waals surface area contributed by atoms with Gasteiger partial charge in [-0.2, -0.15) is 0 Å². The average Bonchev–Trinajstić information content (AvgIpc) is 2.91. The van der Waals surface area contributed by atoms with Crippen LogP contribution in [0.2, 0.25) is 0 Å². The van der Waals surface area contributed by atoms with Gasteiger partial charge < -0.3 is 9.29 Å². The lowest BCUT2D eigenvalue weighted by Crippen LogP contribution is -1.98. The molecular formula is C18H16O4S. The summed E-state index contributed by atoms with van der Waals surface area (Å²) in [6, 6.07) is 15.1. The van der Waals surface area contributed by atoms with E-state index in [4.69, 9.17) is 9.29 Å². The number of benzene rings is 2. The highest BCUT2D eigenvalue weighted by Gasteiger charge is 2.27. The molecule has 2 aromatic carbocycles. The third kappa shape index (κ3) is 3.25. The van der Waals surface area contributed by atoms with E-state index in [0.29, 0.717) is 5.57 Å². The summed E-state index contributed by atoms with van der Waals surface area (Å²) in [6.45, 7) is 2.14. The number of aryl methyl sites for hydroxylation is 1. The molecule has 0 radical (unpaired) electrons. The molecule has 1 aliphatic heterocycles. The molecule has 2 aromatic rings. The minimum absolute atomic E-state index is 0.103. The first-order valence-electron chi connectivity index (χ1n) is 7.19. The Kier molecular flexibility index (Phi) is 4.41. The zero-order valence-electron chi connectivity index (χ0n) is 12.6. The van der Waals surface area contributed by atoms with Gasteiger partial charge in [0.05, 0.1) is 11.3 Å². The van der Waals surface area contributed by atoms with Crippen LogP contribution in [0.15, 0.2) is 48.5 Å². The smallest absolute Gasteiger partial charge is 0.339 e. The third-order valence-corrected chi connectivity index (χ3v) is 4.44. The van der Waals surface area contributed by atoms with Gasteiger partial charge in [-0.25, -0.2) is 9.00 Å². The molecule has 0 aromatic heterocycles. The molecule has 0 aliphatic carbocycles. The SMILES string of the molecule is Cc1cc(C2=C(c3ccccc3)C(=O)OC2)ccc1CS(=O)O. The lowest BCUT2D eigenvalue weighted by atomic mass is 9.94. The molecular weight excluding hydrogens is 312 g/mol. The Hall–Kier alpha value is -2.24. The van der Waals surface area contributed by atoms with Crippen molar-refractivity contribution in [2.75, 3.05) is 6.61 Å². The van der Waals surface area contributed by atoms with Gasteiger partial charge in [0.2, 0.25) is 0 Å². The van der Waals surface area contributed by atoms with Crippen molar-refractivity contribution in [2.45, 2.75) is 12.7 Å². The van der Waals surface area contributed by atoms with Crippen LogP contribution in [0.5, 0.6) is 0 Å². The van der Waals surface area contributed by atoms with Gasteiger partial charge in [0.15, 0.2) is 11.1 Å². The van der Waals surface area contributed by atoms with Gasteiger partial charge in [-0.1, -0.05) is 48.5 Å². The Balaban J connectivity index is 2.06. The van der Waals surface area contributed by atoms with E-state index in [0.717, 1.165) is 27.8 Å². The first-order valence-corrected chi connectivity index (χ1v) is 8.47. The lowest BCUT2D eigenvalue weighted by Gasteiger charge is -2.09. The van der Waals surface area contributed by atoms with Crippen molar-refractivity contribution < 1.29 is 18.3 Å². The van der Waals surface area contributed by atoms with Crippen LogP contribution < -0.4 is 0 Å². The summed E-state index contributed by atoms with van der Waals surface area (Å²) >= 11 is -1.87.